The van der Waals surface area contributed by atoms with Crippen molar-refractivity contribution < 1.29 is 0 Å². The molecule has 0 heterocycles. The molecule has 2 unspecified atom stereocenters. The number of unbranched alkanes of at least 4 members (excludes halogenated alkanes) is 8. The molecule has 1 saturated carbocycles. The molecule has 212 valence electrons. The summed E-state index contributed by atoms with van der Waals surface area (Å²) in [6.07, 6.45) is 21.6. The van der Waals surface area contributed by atoms with Gasteiger partial charge in [-0.25, -0.2) is 0 Å². The zero-order valence-corrected chi connectivity index (χ0v) is 24.9. The Morgan fingerprint density at radius 2 is 0.974 bits per heavy atom. The maximum atomic E-state index is 3.84. The minimum absolute atomic E-state index is 0.826. The normalized spacial score (nSPS) is 17.6. The van der Waals surface area contributed by atoms with E-state index in [1.54, 1.807) is 11.1 Å². The van der Waals surface area contributed by atoms with E-state index in [0.717, 1.165) is 24.9 Å². The molecule has 0 spiro atoms. The van der Waals surface area contributed by atoms with Crippen LogP contribution < -0.4 is 10.6 Å². The summed E-state index contributed by atoms with van der Waals surface area (Å²) in [6.45, 7) is 8.98. The number of hydrogen-bond acceptors (Lipinski definition) is 2. The molecule has 38 heavy (non-hydrogen) atoms. The minimum atomic E-state index is 0.826. The fourth-order valence-corrected chi connectivity index (χ4v) is 6.38. The SMILES string of the molecule is CCCCCCCc1ccccc1CNCC1CCCC(CNCc2ccccc2CCCCCCC)C1. The lowest BCUT2D eigenvalue weighted by Crippen LogP contribution is -2.31. The van der Waals surface area contributed by atoms with Gasteiger partial charge in [0.2, 0.25) is 0 Å². The molecule has 2 atom stereocenters. The molecule has 2 N–H and O–H groups in total. The van der Waals surface area contributed by atoms with Crippen LogP contribution in [-0.4, -0.2) is 13.1 Å². The Labute approximate surface area is 235 Å². The average molecular weight is 519 g/mol. The van der Waals surface area contributed by atoms with Crippen LogP contribution in [0.3, 0.4) is 0 Å². The second kappa shape index (κ2) is 19.4. The van der Waals surface area contributed by atoms with Gasteiger partial charge in [-0.1, -0.05) is 120 Å². The van der Waals surface area contributed by atoms with E-state index in [2.05, 4.69) is 73.0 Å². The minimum Gasteiger partial charge on any atom is -0.312 e. The Kier molecular flexibility index (Phi) is 15.8. The van der Waals surface area contributed by atoms with Crippen LogP contribution in [0.25, 0.3) is 0 Å². The fraction of sp³-hybridized carbons (Fsp3) is 0.667. The Balaban J connectivity index is 1.34. The molecule has 1 fully saturated rings. The first kappa shape index (κ1) is 30.9. The largest absolute Gasteiger partial charge is 0.312 e. The summed E-state index contributed by atoms with van der Waals surface area (Å²) < 4.78 is 0. The number of benzene rings is 2. The molecular weight excluding hydrogens is 460 g/mol. The first-order chi connectivity index (χ1) is 18.8. The summed E-state index contributed by atoms with van der Waals surface area (Å²) in [6, 6.07) is 18.2. The molecule has 2 heteroatoms. The lowest BCUT2D eigenvalue weighted by atomic mass is 9.81. The summed E-state index contributed by atoms with van der Waals surface area (Å²) in [5.41, 5.74) is 6.15. The van der Waals surface area contributed by atoms with Crippen molar-refractivity contribution in [2.75, 3.05) is 13.1 Å². The third-order valence-electron chi connectivity index (χ3n) is 8.72. The highest BCUT2D eigenvalue weighted by molar-refractivity contribution is 5.28. The van der Waals surface area contributed by atoms with Crippen molar-refractivity contribution in [1.29, 1.82) is 0 Å². The van der Waals surface area contributed by atoms with Crippen LogP contribution in [-0.2, 0) is 25.9 Å². The molecule has 0 saturated heterocycles. The molecule has 2 aromatic carbocycles. The molecule has 0 radical (unpaired) electrons. The van der Waals surface area contributed by atoms with Crippen LogP contribution in [0.5, 0.6) is 0 Å². The van der Waals surface area contributed by atoms with Crippen LogP contribution in [0.2, 0.25) is 0 Å². The Hall–Kier alpha value is -1.64. The van der Waals surface area contributed by atoms with Crippen molar-refractivity contribution in [1.82, 2.24) is 10.6 Å². The quantitative estimate of drug-likeness (QED) is 0.171. The summed E-state index contributed by atoms with van der Waals surface area (Å²) >= 11 is 0. The molecule has 2 aromatic rings. The second-order valence-corrected chi connectivity index (χ2v) is 12.0. The molecule has 0 amide bonds. The highest BCUT2D eigenvalue weighted by Crippen LogP contribution is 2.28. The van der Waals surface area contributed by atoms with Gasteiger partial charge in [0.25, 0.3) is 0 Å². The summed E-state index contributed by atoms with van der Waals surface area (Å²) in [5, 5.41) is 7.69. The topological polar surface area (TPSA) is 24.1 Å². The molecule has 1 aliphatic carbocycles. The van der Waals surface area contributed by atoms with Crippen LogP contribution in [0, 0.1) is 11.8 Å². The summed E-state index contributed by atoms with van der Waals surface area (Å²) in [5.74, 6) is 1.65. The standard InChI is InChI=1S/C36H58N2/c1-3-5-7-9-11-20-33-22-13-15-24-35(33)29-37-27-31-18-17-19-32(26-31)28-38-30-36-25-16-14-23-34(36)21-12-10-8-6-4-2/h13-16,22-25,31-32,37-38H,3-12,17-21,26-30H2,1-2H3. The average Bonchev–Trinajstić information content (AvgIpc) is 2.94. The van der Waals surface area contributed by atoms with Gasteiger partial charge in [-0.15, -0.1) is 0 Å². The molecule has 0 bridgehead atoms. The molecule has 3 rings (SSSR count). The zero-order valence-electron chi connectivity index (χ0n) is 24.9. The monoisotopic (exact) mass is 518 g/mol. The highest BCUT2D eigenvalue weighted by atomic mass is 14.9. The first-order valence-electron chi connectivity index (χ1n) is 16.3. The number of hydrogen-bond donors (Lipinski definition) is 2. The third-order valence-corrected chi connectivity index (χ3v) is 8.72. The van der Waals surface area contributed by atoms with E-state index in [1.807, 2.05) is 0 Å². The summed E-state index contributed by atoms with van der Waals surface area (Å²) in [4.78, 5) is 0. The van der Waals surface area contributed by atoms with E-state index in [-0.39, 0.29) is 0 Å². The van der Waals surface area contributed by atoms with Crippen LogP contribution >= 0.6 is 0 Å². The van der Waals surface area contributed by atoms with Gasteiger partial charge in [-0.3, -0.25) is 0 Å². The smallest absolute Gasteiger partial charge is 0.0208 e. The lowest BCUT2D eigenvalue weighted by Gasteiger charge is -2.30. The van der Waals surface area contributed by atoms with Crippen molar-refractivity contribution in [2.24, 2.45) is 11.8 Å². The van der Waals surface area contributed by atoms with Gasteiger partial charge < -0.3 is 10.6 Å². The summed E-state index contributed by atoms with van der Waals surface area (Å²) in [7, 11) is 0. The van der Waals surface area contributed by atoms with E-state index in [0.29, 0.717) is 0 Å². The van der Waals surface area contributed by atoms with E-state index >= 15 is 0 Å². The molecular formula is C36H58N2. The van der Waals surface area contributed by atoms with Crippen molar-refractivity contribution in [2.45, 2.75) is 130 Å². The molecule has 0 aromatic heterocycles. The van der Waals surface area contributed by atoms with Crippen molar-refractivity contribution in [3.63, 3.8) is 0 Å². The zero-order chi connectivity index (χ0) is 26.7. The molecule has 2 nitrogen and oxygen atoms in total. The predicted octanol–water partition coefficient (Wildman–Crippen LogP) is 9.40. The third kappa shape index (κ3) is 12.0. The van der Waals surface area contributed by atoms with Crippen LogP contribution in [0.1, 0.15) is 126 Å². The van der Waals surface area contributed by atoms with Crippen molar-refractivity contribution in [3.8, 4) is 0 Å². The fourth-order valence-electron chi connectivity index (χ4n) is 6.38. The maximum Gasteiger partial charge on any atom is 0.0208 e. The number of aryl methyl sites for hydroxylation is 2. The van der Waals surface area contributed by atoms with Gasteiger partial charge in [0, 0.05) is 13.1 Å². The Morgan fingerprint density at radius 3 is 1.42 bits per heavy atom. The van der Waals surface area contributed by atoms with Gasteiger partial charge in [0.05, 0.1) is 0 Å². The van der Waals surface area contributed by atoms with Crippen LogP contribution in [0.15, 0.2) is 48.5 Å². The van der Waals surface area contributed by atoms with E-state index < -0.39 is 0 Å². The highest BCUT2D eigenvalue weighted by Gasteiger charge is 2.21. The van der Waals surface area contributed by atoms with Gasteiger partial charge in [0.1, 0.15) is 0 Å². The van der Waals surface area contributed by atoms with Gasteiger partial charge in [0.15, 0.2) is 0 Å². The number of nitrogens with one attached hydrogen (secondary N) is 2. The maximum absolute atomic E-state index is 3.84. The van der Waals surface area contributed by atoms with Crippen LogP contribution in [0.4, 0.5) is 0 Å². The van der Waals surface area contributed by atoms with Crippen molar-refractivity contribution >= 4 is 0 Å². The Morgan fingerprint density at radius 1 is 0.553 bits per heavy atom. The lowest BCUT2D eigenvalue weighted by molar-refractivity contribution is 0.252. The van der Waals surface area contributed by atoms with Gasteiger partial charge in [-0.05, 0) is 92.1 Å². The van der Waals surface area contributed by atoms with Gasteiger partial charge >= 0.3 is 0 Å². The second-order valence-electron chi connectivity index (χ2n) is 12.0. The predicted molar refractivity (Wildman–Crippen MR) is 167 cm³/mol. The van der Waals surface area contributed by atoms with E-state index in [9.17, 15) is 0 Å². The van der Waals surface area contributed by atoms with Gasteiger partial charge in [-0.2, -0.15) is 0 Å². The van der Waals surface area contributed by atoms with E-state index in [1.165, 1.54) is 127 Å². The first-order valence-corrected chi connectivity index (χ1v) is 16.3. The van der Waals surface area contributed by atoms with E-state index in [4.69, 9.17) is 0 Å². The number of rotatable bonds is 20. The molecule has 1 aliphatic rings. The Bertz CT molecular complexity index is 790. The van der Waals surface area contributed by atoms with Crippen molar-refractivity contribution in [3.05, 3.63) is 70.8 Å². The molecule has 0 aliphatic heterocycles.